The van der Waals surface area contributed by atoms with Gasteiger partial charge in [-0.05, 0) is 31.5 Å². The zero-order valence-electron chi connectivity index (χ0n) is 11.3. The summed E-state index contributed by atoms with van der Waals surface area (Å²) in [6, 6.07) is 9.61. The molecule has 0 fully saturated rings. The molecule has 100 valence electrons. The number of hydrogen-bond donors (Lipinski definition) is 1. The van der Waals surface area contributed by atoms with Crippen molar-refractivity contribution in [1.29, 1.82) is 0 Å². The molecule has 0 bridgehead atoms. The van der Waals surface area contributed by atoms with Crippen LogP contribution in [0.25, 0.3) is 0 Å². The van der Waals surface area contributed by atoms with E-state index in [-0.39, 0.29) is 5.91 Å². The number of carbonyl (C=O) groups excluding carboxylic acids is 1. The number of aryl methyl sites for hydroxylation is 2. The lowest BCUT2D eigenvalue weighted by Crippen LogP contribution is -2.22. The molecule has 0 spiro atoms. The third-order valence-electron chi connectivity index (χ3n) is 3.02. The van der Waals surface area contributed by atoms with Gasteiger partial charge in [-0.2, -0.15) is 0 Å². The highest BCUT2D eigenvalue weighted by Gasteiger charge is 2.11. The minimum absolute atomic E-state index is 0.0351. The van der Waals surface area contributed by atoms with E-state index in [1.165, 1.54) is 16.2 Å². The van der Waals surface area contributed by atoms with E-state index in [1.807, 2.05) is 44.2 Å². The summed E-state index contributed by atoms with van der Waals surface area (Å²) in [4.78, 5) is 14.0. The maximum Gasteiger partial charge on any atom is 0.261 e. The van der Waals surface area contributed by atoms with Crippen LogP contribution in [0.15, 0.2) is 30.3 Å². The van der Waals surface area contributed by atoms with Gasteiger partial charge in [0, 0.05) is 17.0 Å². The second-order valence-electron chi connectivity index (χ2n) is 4.34. The lowest BCUT2D eigenvalue weighted by atomic mass is 10.2. The van der Waals surface area contributed by atoms with Gasteiger partial charge in [0.1, 0.15) is 5.75 Å². The maximum atomic E-state index is 12.0. The van der Waals surface area contributed by atoms with Gasteiger partial charge in [-0.15, -0.1) is 11.3 Å². The quantitative estimate of drug-likeness (QED) is 0.929. The predicted octanol–water partition coefficient (Wildman–Crippen LogP) is 3.30. The maximum absolute atomic E-state index is 12.0. The van der Waals surface area contributed by atoms with Crippen LogP contribution in [0.5, 0.6) is 5.75 Å². The van der Waals surface area contributed by atoms with E-state index in [1.54, 1.807) is 7.11 Å². The van der Waals surface area contributed by atoms with E-state index >= 15 is 0 Å². The van der Waals surface area contributed by atoms with E-state index in [0.29, 0.717) is 6.54 Å². The zero-order valence-corrected chi connectivity index (χ0v) is 12.1. The number of hydrogen-bond acceptors (Lipinski definition) is 3. The third kappa shape index (κ3) is 3.15. The first-order chi connectivity index (χ1) is 9.11. The van der Waals surface area contributed by atoms with Gasteiger partial charge in [-0.1, -0.05) is 18.2 Å². The molecule has 1 aromatic carbocycles. The third-order valence-corrected chi connectivity index (χ3v) is 4.17. The van der Waals surface area contributed by atoms with Crippen LogP contribution in [0.1, 0.15) is 25.7 Å². The van der Waals surface area contributed by atoms with Gasteiger partial charge >= 0.3 is 0 Å². The number of ether oxygens (including phenoxy) is 1. The van der Waals surface area contributed by atoms with Gasteiger partial charge in [-0.3, -0.25) is 4.79 Å². The molecule has 0 saturated heterocycles. The molecular weight excluding hydrogens is 258 g/mol. The molecule has 2 rings (SSSR count). The Morgan fingerprint density at radius 3 is 2.68 bits per heavy atom. The average molecular weight is 275 g/mol. The SMILES string of the molecule is COc1ccccc1CNC(=O)c1cc(C)c(C)s1. The van der Waals surface area contributed by atoms with Gasteiger partial charge < -0.3 is 10.1 Å². The molecule has 0 unspecified atom stereocenters. The van der Waals surface area contributed by atoms with Crippen LogP contribution in [-0.4, -0.2) is 13.0 Å². The van der Waals surface area contributed by atoms with Crippen LogP contribution < -0.4 is 10.1 Å². The molecule has 1 N–H and O–H groups in total. The first-order valence-electron chi connectivity index (χ1n) is 6.09. The lowest BCUT2D eigenvalue weighted by Gasteiger charge is -2.08. The zero-order chi connectivity index (χ0) is 13.8. The van der Waals surface area contributed by atoms with E-state index < -0.39 is 0 Å². The minimum Gasteiger partial charge on any atom is -0.496 e. The molecule has 1 aromatic heterocycles. The Morgan fingerprint density at radius 1 is 1.32 bits per heavy atom. The van der Waals surface area contributed by atoms with Crippen LogP contribution >= 0.6 is 11.3 Å². The Labute approximate surface area is 117 Å². The van der Waals surface area contributed by atoms with Crippen molar-refractivity contribution in [3.63, 3.8) is 0 Å². The highest BCUT2D eigenvalue weighted by atomic mass is 32.1. The largest absolute Gasteiger partial charge is 0.496 e. The second-order valence-corrected chi connectivity index (χ2v) is 5.60. The Hall–Kier alpha value is -1.81. The van der Waals surface area contributed by atoms with Crippen LogP contribution in [-0.2, 0) is 6.54 Å². The van der Waals surface area contributed by atoms with E-state index in [9.17, 15) is 4.79 Å². The van der Waals surface area contributed by atoms with Crippen molar-refractivity contribution in [2.24, 2.45) is 0 Å². The molecule has 4 heteroatoms. The van der Waals surface area contributed by atoms with Crippen molar-refractivity contribution in [2.45, 2.75) is 20.4 Å². The summed E-state index contributed by atoms with van der Waals surface area (Å²) in [6.07, 6.45) is 0. The molecule has 0 aliphatic rings. The van der Waals surface area contributed by atoms with Gasteiger partial charge in [0.05, 0.1) is 12.0 Å². The monoisotopic (exact) mass is 275 g/mol. The molecule has 3 nitrogen and oxygen atoms in total. The predicted molar refractivity (Wildman–Crippen MR) is 78.0 cm³/mol. The van der Waals surface area contributed by atoms with Gasteiger partial charge in [0.15, 0.2) is 0 Å². The fraction of sp³-hybridized carbons (Fsp3) is 0.267. The molecule has 0 aliphatic heterocycles. The summed E-state index contributed by atoms with van der Waals surface area (Å²) in [5, 5.41) is 2.92. The van der Waals surface area contributed by atoms with Crippen LogP contribution in [0.4, 0.5) is 0 Å². The summed E-state index contributed by atoms with van der Waals surface area (Å²) in [5.41, 5.74) is 2.13. The van der Waals surface area contributed by atoms with E-state index in [4.69, 9.17) is 4.74 Å². The van der Waals surface area contributed by atoms with Crippen molar-refractivity contribution in [1.82, 2.24) is 5.32 Å². The van der Waals surface area contributed by atoms with Crippen molar-refractivity contribution in [3.05, 3.63) is 51.2 Å². The van der Waals surface area contributed by atoms with Crippen molar-refractivity contribution >= 4 is 17.2 Å². The molecule has 19 heavy (non-hydrogen) atoms. The molecule has 1 amide bonds. The first-order valence-corrected chi connectivity index (χ1v) is 6.90. The van der Waals surface area contributed by atoms with Crippen LogP contribution in [0, 0.1) is 13.8 Å². The summed E-state index contributed by atoms with van der Waals surface area (Å²) < 4.78 is 5.26. The summed E-state index contributed by atoms with van der Waals surface area (Å²) in [6.45, 7) is 4.51. The van der Waals surface area contributed by atoms with Gasteiger partial charge in [0.2, 0.25) is 0 Å². The van der Waals surface area contributed by atoms with Gasteiger partial charge in [-0.25, -0.2) is 0 Å². The molecule has 0 atom stereocenters. The number of amides is 1. The fourth-order valence-corrected chi connectivity index (χ4v) is 2.75. The average Bonchev–Trinajstić information content (AvgIpc) is 2.76. The minimum atomic E-state index is -0.0351. The number of carbonyl (C=O) groups is 1. The molecule has 1 heterocycles. The summed E-state index contributed by atoms with van der Waals surface area (Å²) >= 11 is 1.52. The highest BCUT2D eigenvalue weighted by Crippen LogP contribution is 2.21. The topological polar surface area (TPSA) is 38.3 Å². The van der Waals surface area contributed by atoms with Gasteiger partial charge in [0.25, 0.3) is 5.91 Å². The number of para-hydroxylation sites is 1. The summed E-state index contributed by atoms with van der Waals surface area (Å²) in [7, 11) is 1.63. The number of methoxy groups -OCH3 is 1. The van der Waals surface area contributed by atoms with E-state index in [2.05, 4.69) is 5.32 Å². The smallest absolute Gasteiger partial charge is 0.261 e. The van der Waals surface area contributed by atoms with E-state index in [0.717, 1.165) is 21.8 Å². The molecular formula is C15H17NO2S. The van der Waals surface area contributed by atoms with Crippen LogP contribution in [0.3, 0.4) is 0 Å². The number of thiophene rings is 1. The molecule has 0 aliphatic carbocycles. The van der Waals surface area contributed by atoms with Crippen molar-refractivity contribution in [3.8, 4) is 5.75 Å². The number of benzene rings is 1. The second kappa shape index (κ2) is 5.89. The van der Waals surface area contributed by atoms with Crippen molar-refractivity contribution in [2.75, 3.05) is 7.11 Å². The standard InChI is InChI=1S/C15H17NO2S/c1-10-8-14(19-11(10)2)15(17)16-9-12-6-4-5-7-13(12)18-3/h4-8H,9H2,1-3H3,(H,16,17). The molecule has 0 saturated carbocycles. The molecule has 0 radical (unpaired) electrons. The molecule has 2 aromatic rings. The number of nitrogens with one attached hydrogen (secondary N) is 1. The Balaban J connectivity index is 2.04. The Kier molecular flexibility index (Phi) is 4.22. The summed E-state index contributed by atoms with van der Waals surface area (Å²) in [5.74, 6) is 0.758. The Bertz CT molecular complexity index is 570. The lowest BCUT2D eigenvalue weighted by molar-refractivity contribution is 0.0954. The Morgan fingerprint density at radius 2 is 2.05 bits per heavy atom. The normalized spacial score (nSPS) is 10.3. The van der Waals surface area contributed by atoms with Crippen molar-refractivity contribution < 1.29 is 9.53 Å². The first kappa shape index (κ1) is 13.6. The highest BCUT2D eigenvalue weighted by molar-refractivity contribution is 7.14. The van der Waals surface area contributed by atoms with Crippen LogP contribution in [0.2, 0.25) is 0 Å². The number of rotatable bonds is 4. The fourth-order valence-electron chi connectivity index (χ4n) is 1.80.